The first-order chi connectivity index (χ1) is 11.0. The maximum atomic E-state index is 12.4. The third-order valence-electron chi connectivity index (χ3n) is 4.30. The highest BCUT2D eigenvalue weighted by atomic mass is 16.5. The second-order valence-electron chi connectivity index (χ2n) is 6.04. The highest BCUT2D eigenvalue weighted by Gasteiger charge is 2.36. The van der Waals surface area contributed by atoms with Crippen LogP contribution in [0.2, 0.25) is 0 Å². The molecule has 2 aromatic rings. The number of carbonyl (C=O) groups excluding carboxylic acids is 1. The maximum Gasteiger partial charge on any atom is 0.257 e. The number of rotatable bonds is 3. The number of hydrogen-bond donors (Lipinski definition) is 2. The monoisotopic (exact) mass is 314 g/mol. The molecule has 1 saturated heterocycles. The number of aryl methyl sites for hydroxylation is 1. The fourth-order valence-corrected chi connectivity index (χ4v) is 2.60. The topological polar surface area (TPSA) is 68.2 Å². The summed E-state index contributed by atoms with van der Waals surface area (Å²) in [5.41, 5.74) is 3.06. The lowest BCUT2D eigenvalue weighted by atomic mass is 10.0. The van der Waals surface area contributed by atoms with Gasteiger partial charge in [-0.25, -0.2) is 4.98 Å². The SMILES string of the molecule is Cc1ncn(-c2ccc(NC(=O)C3(C)CNCCO3)cc2)c1C. The summed E-state index contributed by atoms with van der Waals surface area (Å²) in [6.07, 6.45) is 1.81. The number of benzene rings is 1. The van der Waals surface area contributed by atoms with Gasteiger partial charge in [0.2, 0.25) is 0 Å². The molecule has 122 valence electrons. The van der Waals surface area contributed by atoms with E-state index in [-0.39, 0.29) is 5.91 Å². The van der Waals surface area contributed by atoms with Gasteiger partial charge < -0.3 is 19.9 Å². The summed E-state index contributed by atoms with van der Waals surface area (Å²) in [7, 11) is 0. The molecule has 23 heavy (non-hydrogen) atoms. The second-order valence-corrected chi connectivity index (χ2v) is 6.04. The van der Waals surface area contributed by atoms with E-state index in [0.717, 1.165) is 29.3 Å². The number of nitrogens with zero attached hydrogens (tertiary/aromatic N) is 2. The highest BCUT2D eigenvalue weighted by Crippen LogP contribution is 2.19. The normalized spacial score (nSPS) is 21.2. The van der Waals surface area contributed by atoms with Gasteiger partial charge in [-0.2, -0.15) is 0 Å². The molecule has 1 atom stereocenters. The minimum atomic E-state index is -0.824. The Hall–Kier alpha value is -2.18. The molecule has 2 heterocycles. The number of imidazole rings is 1. The van der Waals surface area contributed by atoms with Gasteiger partial charge in [0.25, 0.3) is 5.91 Å². The van der Waals surface area contributed by atoms with Crippen LogP contribution in [0.4, 0.5) is 5.69 Å². The molecule has 6 heteroatoms. The minimum Gasteiger partial charge on any atom is -0.363 e. The van der Waals surface area contributed by atoms with Crippen molar-refractivity contribution in [1.29, 1.82) is 0 Å². The van der Waals surface area contributed by atoms with Gasteiger partial charge >= 0.3 is 0 Å². The Morgan fingerprint density at radius 3 is 2.65 bits per heavy atom. The molecular weight excluding hydrogens is 292 g/mol. The molecule has 0 aliphatic carbocycles. The van der Waals surface area contributed by atoms with Gasteiger partial charge in [-0.15, -0.1) is 0 Å². The van der Waals surface area contributed by atoms with Crippen molar-refractivity contribution in [1.82, 2.24) is 14.9 Å². The Morgan fingerprint density at radius 2 is 2.09 bits per heavy atom. The van der Waals surface area contributed by atoms with Crippen LogP contribution in [0, 0.1) is 13.8 Å². The van der Waals surface area contributed by atoms with E-state index in [2.05, 4.69) is 15.6 Å². The number of anilines is 1. The number of amides is 1. The van der Waals surface area contributed by atoms with Crippen molar-refractivity contribution in [3.05, 3.63) is 42.0 Å². The van der Waals surface area contributed by atoms with Gasteiger partial charge in [0, 0.05) is 30.2 Å². The standard InChI is InChI=1S/C17H22N4O2/c1-12-13(2)21(11-19-12)15-6-4-14(5-7-15)20-16(22)17(3)10-18-8-9-23-17/h4-7,11,18H,8-10H2,1-3H3,(H,20,22). The van der Waals surface area contributed by atoms with Crippen LogP contribution >= 0.6 is 0 Å². The molecule has 2 N–H and O–H groups in total. The summed E-state index contributed by atoms with van der Waals surface area (Å²) in [5, 5.41) is 6.11. The zero-order valence-electron chi connectivity index (χ0n) is 13.7. The molecule has 1 fully saturated rings. The van der Waals surface area contributed by atoms with E-state index in [0.29, 0.717) is 13.2 Å². The Labute approximate surface area is 135 Å². The Bertz CT molecular complexity index is 700. The van der Waals surface area contributed by atoms with Crippen LogP contribution < -0.4 is 10.6 Å². The summed E-state index contributed by atoms with van der Waals surface area (Å²) in [4.78, 5) is 16.7. The van der Waals surface area contributed by atoms with Crippen molar-refractivity contribution >= 4 is 11.6 Å². The molecule has 0 radical (unpaired) electrons. The lowest BCUT2D eigenvalue weighted by Gasteiger charge is -2.32. The van der Waals surface area contributed by atoms with E-state index in [1.165, 1.54) is 0 Å². The van der Waals surface area contributed by atoms with Crippen molar-refractivity contribution in [2.24, 2.45) is 0 Å². The average molecular weight is 314 g/mol. The van der Waals surface area contributed by atoms with Crippen LogP contribution in [0.3, 0.4) is 0 Å². The van der Waals surface area contributed by atoms with Crippen molar-refractivity contribution < 1.29 is 9.53 Å². The molecule has 1 aromatic heterocycles. The van der Waals surface area contributed by atoms with Gasteiger partial charge in [0.05, 0.1) is 18.6 Å². The van der Waals surface area contributed by atoms with Crippen LogP contribution in [-0.2, 0) is 9.53 Å². The number of carbonyl (C=O) groups is 1. The molecule has 1 aliphatic rings. The lowest BCUT2D eigenvalue weighted by Crippen LogP contribution is -2.55. The summed E-state index contributed by atoms with van der Waals surface area (Å²) in [5.74, 6) is -0.132. The van der Waals surface area contributed by atoms with E-state index in [4.69, 9.17) is 4.74 Å². The first-order valence-corrected chi connectivity index (χ1v) is 7.77. The molecule has 1 aliphatic heterocycles. The van der Waals surface area contributed by atoms with Crippen LogP contribution in [-0.4, -0.2) is 40.8 Å². The summed E-state index contributed by atoms with van der Waals surface area (Å²) in [6.45, 7) is 7.67. The van der Waals surface area contributed by atoms with Crippen molar-refractivity contribution in [2.45, 2.75) is 26.4 Å². The third-order valence-corrected chi connectivity index (χ3v) is 4.30. The molecule has 1 aromatic carbocycles. The van der Waals surface area contributed by atoms with Crippen LogP contribution in [0.1, 0.15) is 18.3 Å². The zero-order chi connectivity index (χ0) is 16.4. The summed E-state index contributed by atoms with van der Waals surface area (Å²) < 4.78 is 7.65. The predicted molar refractivity (Wildman–Crippen MR) is 88.9 cm³/mol. The second kappa shape index (κ2) is 6.14. The van der Waals surface area contributed by atoms with Gasteiger partial charge in [0.15, 0.2) is 5.60 Å². The molecule has 3 rings (SSSR count). The first-order valence-electron chi connectivity index (χ1n) is 7.77. The number of aromatic nitrogens is 2. The quantitative estimate of drug-likeness (QED) is 0.906. The fraction of sp³-hybridized carbons (Fsp3) is 0.412. The van der Waals surface area contributed by atoms with E-state index in [1.54, 1.807) is 13.3 Å². The van der Waals surface area contributed by atoms with Crippen molar-refractivity contribution in [2.75, 3.05) is 25.0 Å². The van der Waals surface area contributed by atoms with Gasteiger partial charge in [-0.05, 0) is 45.0 Å². The molecular formula is C17H22N4O2. The molecule has 1 amide bonds. The molecule has 0 bridgehead atoms. The van der Waals surface area contributed by atoms with Crippen LogP contribution in [0.25, 0.3) is 5.69 Å². The van der Waals surface area contributed by atoms with Crippen LogP contribution in [0.5, 0.6) is 0 Å². The largest absolute Gasteiger partial charge is 0.363 e. The zero-order valence-corrected chi connectivity index (χ0v) is 13.7. The highest BCUT2D eigenvalue weighted by molar-refractivity contribution is 5.97. The smallest absolute Gasteiger partial charge is 0.257 e. The summed E-state index contributed by atoms with van der Waals surface area (Å²) >= 11 is 0. The lowest BCUT2D eigenvalue weighted by molar-refractivity contribution is -0.142. The van der Waals surface area contributed by atoms with Gasteiger partial charge in [-0.1, -0.05) is 0 Å². The number of ether oxygens (including phenoxy) is 1. The van der Waals surface area contributed by atoms with Crippen molar-refractivity contribution in [3.8, 4) is 5.69 Å². The fourth-order valence-electron chi connectivity index (χ4n) is 2.60. The van der Waals surface area contributed by atoms with E-state index >= 15 is 0 Å². The Balaban J connectivity index is 1.72. The third kappa shape index (κ3) is 3.13. The first kappa shape index (κ1) is 15.7. The molecule has 0 saturated carbocycles. The van der Waals surface area contributed by atoms with E-state index < -0.39 is 5.60 Å². The van der Waals surface area contributed by atoms with E-state index in [1.807, 2.05) is 42.7 Å². The molecule has 6 nitrogen and oxygen atoms in total. The number of morpholine rings is 1. The molecule has 1 unspecified atom stereocenters. The minimum absolute atomic E-state index is 0.132. The molecule has 0 spiro atoms. The van der Waals surface area contributed by atoms with Crippen molar-refractivity contribution in [3.63, 3.8) is 0 Å². The van der Waals surface area contributed by atoms with Gasteiger partial charge in [0.1, 0.15) is 0 Å². The Kier molecular flexibility index (Phi) is 4.19. The van der Waals surface area contributed by atoms with E-state index in [9.17, 15) is 4.79 Å². The predicted octanol–water partition coefficient (Wildman–Crippen LogP) is 1.81. The summed E-state index contributed by atoms with van der Waals surface area (Å²) in [6, 6.07) is 7.71. The van der Waals surface area contributed by atoms with Gasteiger partial charge in [-0.3, -0.25) is 4.79 Å². The number of nitrogens with one attached hydrogen (secondary N) is 2. The maximum absolute atomic E-state index is 12.4. The number of hydrogen-bond acceptors (Lipinski definition) is 4. The average Bonchev–Trinajstić information content (AvgIpc) is 2.88. The van der Waals surface area contributed by atoms with Crippen LogP contribution in [0.15, 0.2) is 30.6 Å². The Morgan fingerprint density at radius 1 is 1.35 bits per heavy atom.